The molecule has 0 fully saturated rings. The minimum Gasteiger partial charge on any atom is -0.481 e. The number of nitro groups is 1. The van der Waals surface area contributed by atoms with Crippen LogP contribution in [0.4, 0.5) is 5.69 Å². The molecule has 0 aliphatic carbocycles. The third-order valence-electron chi connectivity index (χ3n) is 2.81. The number of nitro benzene ring substituents is 1. The van der Waals surface area contributed by atoms with Crippen molar-refractivity contribution < 1.29 is 19.9 Å². The van der Waals surface area contributed by atoms with Gasteiger partial charge in [0.05, 0.1) is 28.4 Å². The summed E-state index contributed by atoms with van der Waals surface area (Å²) in [5.41, 5.74) is 0.586. The van der Waals surface area contributed by atoms with Crippen LogP contribution >= 0.6 is 0 Å². The highest BCUT2D eigenvalue weighted by Gasteiger charge is 2.16. The molecule has 0 aliphatic heterocycles. The van der Waals surface area contributed by atoms with Crippen LogP contribution in [0.3, 0.4) is 0 Å². The standard InChI is InChI=1S/C12H12N2O5/c15-8(6-12(16)17)7-13-5-4-9-10(13)2-1-3-11(9)14(18)19/h1-5,8,15H,6-7H2,(H,16,17). The van der Waals surface area contributed by atoms with Gasteiger partial charge in [0.25, 0.3) is 5.69 Å². The summed E-state index contributed by atoms with van der Waals surface area (Å²) >= 11 is 0. The normalized spacial score (nSPS) is 12.5. The highest BCUT2D eigenvalue weighted by Crippen LogP contribution is 2.26. The number of non-ortho nitro benzene ring substituents is 1. The number of carbonyl (C=O) groups is 1. The van der Waals surface area contributed by atoms with Gasteiger partial charge in [-0.1, -0.05) is 6.07 Å². The number of hydrogen-bond acceptors (Lipinski definition) is 4. The Hall–Kier alpha value is -2.41. The molecule has 7 nitrogen and oxygen atoms in total. The first-order valence-electron chi connectivity index (χ1n) is 5.61. The molecule has 0 amide bonds. The predicted octanol–water partition coefficient (Wildman–Crippen LogP) is 1.39. The number of carboxylic acid groups (broad SMARTS) is 1. The Morgan fingerprint density at radius 2 is 2.16 bits per heavy atom. The fraction of sp³-hybridized carbons (Fsp3) is 0.250. The molecule has 0 saturated carbocycles. The first-order chi connectivity index (χ1) is 8.99. The van der Waals surface area contributed by atoms with Crippen molar-refractivity contribution in [3.8, 4) is 0 Å². The van der Waals surface area contributed by atoms with Crippen LogP contribution < -0.4 is 0 Å². The highest BCUT2D eigenvalue weighted by atomic mass is 16.6. The van der Waals surface area contributed by atoms with Crippen LogP contribution in [-0.2, 0) is 11.3 Å². The largest absolute Gasteiger partial charge is 0.481 e. The van der Waals surface area contributed by atoms with Crippen LogP contribution in [0.25, 0.3) is 10.9 Å². The van der Waals surface area contributed by atoms with Crippen molar-refractivity contribution in [2.75, 3.05) is 0 Å². The zero-order valence-electron chi connectivity index (χ0n) is 9.89. The van der Waals surface area contributed by atoms with Gasteiger partial charge in [0.2, 0.25) is 0 Å². The second-order valence-corrected chi connectivity index (χ2v) is 4.19. The zero-order valence-corrected chi connectivity index (χ0v) is 9.89. The number of aliphatic hydroxyl groups is 1. The molecule has 2 rings (SSSR count). The molecular formula is C12H12N2O5. The van der Waals surface area contributed by atoms with Crippen LogP contribution in [0, 0.1) is 10.1 Å². The van der Waals surface area contributed by atoms with Crippen molar-refractivity contribution in [2.45, 2.75) is 19.1 Å². The number of aliphatic hydroxyl groups excluding tert-OH is 1. The molecule has 100 valence electrons. The summed E-state index contributed by atoms with van der Waals surface area (Å²) in [7, 11) is 0. The van der Waals surface area contributed by atoms with Gasteiger partial charge in [-0.2, -0.15) is 0 Å². The molecule has 2 N–H and O–H groups in total. The molecule has 0 bridgehead atoms. The molecule has 19 heavy (non-hydrogen) atoms. The van der Waals surface area contributed by atoms with E-state index in [1.54, 1.807) is 29.0 Å². The van der Waals surface area contributed by atoms with Crippen molar-refractivity contribution in [3.05, 3.63) is 40.6 Å². The monoisotopic (exact) mass is 264 g/mol. The highest BCUT2D eigenvalue weighted by molar-refractivity contribution is 5.89. The van der Waals surface area contributed by atoms with Crippen LogP contribution in [-0.4, -0.2) is 31.8 Å². The van der Waals surface area contributed by atoms with Gasteiger partial charge < -0.3 is 14.8 Å². The number of aliphatic carboxylic acids is 1. The Kier molecular flexibility index (Phi) is 3.48. The second-order valence-electron chi connectivity index (χ2n) is 4.19. The minimum atomic E-state index is -1.09. The maximum absolute atomic E-state index is 10.9. The quantitative estimate of drug-likeness (QED) is 0.627. The lowest BCUT2D eigenvalue weighted by Crippen LogP contribution is -2.19. The Morgan fingerprint density at radius 1 is 1.42 bits per heavy atom. The van der Waals surface area contributed by atoms with E-state index in [0.29, 0.717) is 10.9 Å². The molecule has 1 atom stereocenters. The fourth-order valence-electron chi connectivity index (χ4n) is 2.02. The average Bonchev–Trinajstić information content (AvgIpc) is 2.71. The number of fused-ring (bicyclic) bond motifs is 1. The molecule has 7 heteroatoms. The van der Waals surface area contributed by atoms with Gasteiger partial charge >= 0.3 is 5.97 Å². The van der Waals surface area contributed by atoms with Gasteiger partial charge in [0.15, 0.2) is 0 Å². The number of carboxylic acids is 1. The molecular weight excluding hydrogens is 252 g/mol. The Bertz CT molecular complexity index is 634. The molecule has 0 radical (unpaired) electrons. The molecule has 1 unspecified atom stereocenters. The van der Waals surface area contributed by atoms with E-state index < -0.39 is 17.0 Å². The number of benzene rings is 1. The van der Waals surface area contributed by atoms with E-state index in [0.717, 1.165) is 0 Å². The lowest BCUT2D eigenvalue weighted by molar-refractivity contribution is -0.383. The van der Waals surface area contributed by atoms with Gasteiger partial charge in [-0.05, 0) is 12.1 Å². The van der Waals surface area contributed by atoms with Gasteiger partial charge in [-0.15, -0.1) is 0 Å². The lowest BCUT2D eigenvalue weighted by Gasteiger charge is -2.10. The maximum atomic E-state index is 10.9. The Morgan fingerprint density at radius 3 is 2.79 bits per heavy atom. The first-order valence-corrected chi connectivity index (χ1v) is 5.61. The predicted molar refractivity (Wildman–Crippen MR) is 66.9 cm³/mol. The second kappa shape index (κ2) is 5.07. The molecule has 1 heterocycles. The Balaban J connectivity index is 2.33. The van der Waals surface area contributed by atoms with E-state index in [9.17, 15) is 20.0 Å². The number of aromatic nitrogens is 1. The summed E-state index contributed by atoms with van der Waals surface area (Å²) in [4.78, 5) is 20.9. The van der Waals surface area contributed by atoms with Crippen molar-refractivity contribution in [1.29, 1.82) is 0 Å². The van der Waals surface area contributed by atoms with Crippen molar-refractivity contribution in [3.63, 3.8) is 0 Å². The van der Waals surface area contributed by atoms with E-state index in [2.05, 4.69) is 0 Å². The van der Waals surface area contributed by atoms with E-state index in [-0.39, 0.29) is 18.7 Å². The molecule has 0 saturated heterocycles. The lowest BCUT2D eigenvalue weighted by atomic mass is 10.2. The van der Waals surface area contributed by atoms with Crippen molar-refractivity contribution >= 4 is 22.6 Å². The summed E-state index contributed by atoms with van der Waals surface area (Å²) in [6.07, 6.45) is 0.199. The minimum absolute atomic E-state index is 0.0102. The summed E-state index contributed by atoms with van der Waals surface area (Å²) in [6.45, 7) is 0.0803. The van der Waals surface area contributed by atoms with E-state index in [4.69, 9.17) is 5.11 Å². The van der Waals surface area contributed by atoms with E-state index >= 15 is 0 Å². The van der Waals surface area contributed by atoms with Gasteiger partial charge in [0, 0.05) is 18.8 Å². The Labute approximate surface area is 107 Å². The molecule has 1 aromatic heterocycles. The van der Waals surface area contributed by atoms with Gasteiger partial charge in [0.1, 0.15) is 0 Å². The van der Waals surface area contributed by atoms with Crippen LogP contribution in [0.2, 0.25) is 0 Å². The topological polar surface area (TPSA) is 106 Å². The number of rotatable bonds is 5. The first kappa shape index (κ1) is 13.0. The number of nitrogens with zero attached hydrogens (tertiary/aromatic N) is 2. The summed E-state index contributed by atoms with van der Waals surface area (Å²) in [6, 6.07) is 6.23. The van der Waals surface area contributed by atoms with Crippen molar-refractivity contribution in [2.24, 2.45) is 0 Å². The van der Waals surface area contributed by atoms with E-state index in [1.165, 1.54) is 6.07 Å². The number of hydrogen-bond donors (Lipinski definition) is 2. The third-order valence-corrected chi connectivity index (χ3v) is 2.81. The molecule has 0 aliphatic rings. The van der Waals surface area contributed by atoms with E-state index in [1.807, 2.05) is 0 Å². The average molecular weight is 264 g/mol. The molecule has 2 aromatic rings. The maximum Gasteiger partial charge on any atom is 0.306 e. The summed E-state index contributed by atoms with van der Waals surface area (Å²) in [5, 5.41) is 29.5. The van der Waals surface area contributed by atoms with Crippen molar-refractivity contribution in [1.82, 2.24) is 4.57 Å². The van der Waals surface area contributed by atoms with Crippen LogP contribution in [0.1, 0.15) is 6.42 Å². The molecule has 0 spiro atoms. The van der Waals surface area contributed by atoms with Crippen LogP contribution in [0.5, 0.6) is 0 Å². The molecule has 1 aromatic carbocycles. The van der Waals surface area contributed by atoms with Gasteiger partial charge in [-0.25, -0.2) is 0 Å². The smallest absolute Gasteiger partial charge is 0.306 e. The summed E-state index contributed by atoms with van der Waals surface area (Å²) < 4.78 is 1.61. The van der Waals surface area contributed by atoms with Crippen LogP contribution in [0.15, 0.2) is 30.5 Å². The fourth-order valence-corrected chi connectivity index (χ4v) is 2.02. The van der Waals surface area contributed by atoms with Gasteiger partial charge in [-0.3, -0.25) is 14.9 Å². The summed E-state index contributed by atoms with van der Waals surface area (Å²) in [5.74, 6) is -1.09. The third kappa shape index (κ3) is 2.71. The SMILES string of the molecule is O=C(O)CC(O)Cn1ccc2c([N+](=O)[O-])cccc21. The zero-order chi connectivity index (χ0) is 14.0.